The number of fused-ring (bicyclic) bond motifs is 11. The minimum atomic E-state index is -0.744. The van der Waals surface area contributed by atoms with Gasteiger partial charge >= 0.3 is 0 Å². The summed E-state index contributed by atoms with van der Waals surface area (Å²) in [5.41, 5.74) is 0.567. The van der Waals surface area contributed by atoms with Crippen LogP contribution in [-0.2, 0) is 129 Å². The number of aliphatic hydroxyl groups excluding tert-OH is 1. The summed E-state index contributed by atoms with van der Waals surface area (Å²) >= 11 is 8.45. The first-order valence-corrected chi connectivity index (χ1v) is 55.5. The van der Waals surface area contributed by atoms with Crippen LogP contribution in [0.5, 0.6) is 0 Å². The van der Waals surface area contributed by atoms with Gasteiger partial charge in [-0.25, -0.2) is 57.9 Å². The Hall–Kier alpha value is -2.07. The quantitative estimate of drug-likeness (QED) is 0.0505. The van der Waals surface area contributed by atoms with Gasteiger partial charge in [-0.2, -0.15) is 0 Å². The lowest BCUT2D eigenvalue weighted by Gasteiger charge is -2.60. The van der Waals surface area contributed by atoms with Crippen LogP contribution in [0.15, 0.2) is 48.5 Å². The molecule has 25 aliphatic rings. The fraction of sp³-hybridized carbons (Fsp3) is 0.842. The molecule has 136 heavy (non-hydrogen) atoms. The zero-order valence-corrected chi connectivity index (χ0v) is 87.2. The second-order valence-electron chi connectivity index (χ2n) is 43.2. The van der Waals surface area contributed by atoms with Crippen molar-refractivity contribution in [3.05, 3.63) is 59.9 Å². The van der Waals surface area contributed by atoms with E-state index in [1.54, 1.807) is 75.6 Å². The minimum absolute atomic E-state index is 0. The number of thioether (sulfide) groups is 5. The maximum atomic E-state index is 13.1. The molecule has 21 heterocycles. The predicted octanol–water partition coefficient (Wildman–Crippen LogP) is 20.2. The van der Waals surface area contributed by atoms with Gasteiger partial charge in [0.1, 0.15) is 58.5 Å². The van der Waals surface area contributed by atoms with E-state index in [9.17, 15) is 4.39 Å². The Bertz CT molecular complexity index is 4470. The highest BCUT2D eigenvalue weighted by atomic mass is 35.5. The number of ether oxygens (including phenoxy) is 14. The maximum absolute atomic E-state index is 13.1. The van der Waals surface area contributed by atoms with E-state index in [1.165, 1.54) is 50.7 Å². The van der Waals surface area contributed by atoms with Crippen molar-refractivity contribution in [1.82, 2.24) is 15.0 Å². The van der Waals surface area contributed by atoms with Gasteiger partial charge in [-0.15, -0.1) is 89.2 Å². The molecule has 5 saturated carbocycles. The number of aliphatic hydroxyl groups is 1. The minimum Gasteiger partial charge on any atom is -0.400 e. The van der Waals surface area contributed by atoms with E-state index in [4.69, 9.17) is 133 Å². The third kappa shape index (κ3) is 19.5. The van der Waals surface area contributed by atoms with Gasteiger partial charge in [-0.1, -0.05) is 111 Å². The van der Waals surface area contributed by atoms with Gasteiger partial charge < -0.3 is 71.4 Å². The summed E-state index contributed by atoms with van der Waals surface area (Å²) in [6, 6.07) is 14.3. The number of para-hydroxylation sites is 1. The highest BCUT2D eigenvalue weighted by Gasteiger charge is 2.76. The molecule has 0 amide bonds. The fourth-order valence-electron chi connectivity index (χ4n) is 27.9. The highest BCUT2D eigenvalue weighted by molar-refractivity contribution is 8.00. The van der Waals surface area contributed by atoms with Crippen LogP contribution in [0.2, 0.25) is 0 Å². The molecule has 762 valence electrons. The topological polar surface area (TPSA) is 272 Å². The Balaban J connectivity index is 0.000000118. The van der Waals surface area contributed by atoms with Crippen LogP contribution in [0.25, 0.3) is 11.0 Å². The van der Waals surface area contributed by atoms with Crippen LogP contribution >= 0.6 is 71.2 Å². The summed E-state index contributed by atoms with van der Waals surface area (Å²) in [6.07, 6.45) is 32.0. The molecule has 0 radical (unpaired) electrons. The Morgan fingerprint density at radius 1 is 0.382 bits per heavy atom. The van der Waals surface area contributed by atoms with Gasteiger partial charge in [0.25, 0.3) is 0 Å². The second kappa shape index (κ2) is 43.0. The largest absolute Gasteiger partial charge is 0.400 e. The summed E-state index contributed by atoms with van der Waals surface area (Å²) in [5, 5.41) is 15.4. The van der Waals surface area contributed by atoms with E-state index in [2.05, 4.69) is 97.6 Å². The summed E-state index contributed by atoms with van der Waals surface area (Å²) in [4.78, 5) is 59.9. The number of benzene rings is 2. The van der Waals surface area contributed by atoms with E-state index in [0.717, 1.165) is 114 Å². The molecule has 5 aliphatic carbocycles. The number of rotatable bonds is 19. The van der Waals surface area contributed by atoms with Gasteiger partial charge in [-0.05, 0) is 256 Å². The molecule has 35 heteroatoms. The summed E-state index contributed by atoms with van der Waals surface area (Å²) in [6.45, 7) is 34.3. The van der Waals surface area contributed by atoms with E-state index < -0.39 is 69.5 Å². The first-order chi connectivity index (χ1) is 64.9. The summed E-state index contributed by atoms with van der Waals surface area (Å²) in [5.74, 6) is 11.8. The molecule has 0 unspecified atom stereocenters. The summed E-state index contributed by atoms with van der Waals surface area (Å²) < 4.78 is 102. The summed E-state index contributed by atoms with van der Waals surface area (Å²) in [7, 11) is 1.00. The predicted molar refractivity (Wildman–Crippen MR) is 512 cm³/mol. The van der Waals surface area contributed by atoms with Gasteiger partial charge in [0.15, 0.2) is 59.5 Å². The number of hydrogen-bond donors (Lipinski definition) is 1. The zero-order valence-electron chi connectivity index (χ0n) is 82.3. The average molecular weight is 2020 g/mol. The van der Waals surface area contributed by atoms with Crippen LogP contribution in [0.4, 0.5) is 4.39 Å². The van der Waals surface area contributed by atoms with E-state index in [1.807, 2.05) is 58.9 Å². The van der Waals surface area contributed by atoms with Crippen LogP contribution in [-0.4, -0.2) is 186 Å². The fourth-order valence-corrected chi connectivity index (χ4v) is 32.7. The highest BCUT2D eigenvalue weighted by Crippen LogP contribution is 2.69. The van der Waals surface area contributed by atoms with Crippen LogP contribution < -0.4 is 0 Å². The zero-order chi connectivity index (χ0) is 95.0. The van der Waals surface area contributed by atoms with Crippen LogP contribution in [0.3, 0.4) is 0 Å². The lowest BCUT2D eigenvalue weighted by molar-refractivity contribution is -0.568. The van der Waals surface area contributed by atoms with Crippen LogP contribution in [0, 0.1) is 149 Å². The SMILES string of the molecule is C#CCOCS[C@@H]1O[C@@H]2O[C@]3(C)CC[C@H]4[C@H](C)CC[C@@H]([C@H]1C)[C@@]24OO3.C#CCOCS[C@@H]1O[C@@H]2O[C@]3(C)CC[C@H]4[C@H](C)CC[C@@H]([C@H]1C)[C@@]24OO3.CO.CS[C@@H]1O[C@@H]2O[C@]3(C)CC[C@H]4[C@H](C)CC[C@@H]([C@H]1C)[C@@]24OO3.C[C@H]1[C@H](SCOCc2ccc(F)cc2)O[C@@H]2O[C@]3(C)CC[C@H]4[C@H](C)CC[C@@H]1[C@@]24OO3.C[C@H]1[C@H](SCOCn2nnc3ccccc32)O[C@@H]2O[C@]3(C)CC[C@H]4[C@H](C)CC[C@@H]1[C@@]24OO3.Cl. The normalized spacial score (nSPS) is 48.2. The van der Waals surface area contributed by atoms with Crippen molar-refractivity contribution in [2.24, 2.45) is 118 Å². The first kappa shape index (κ1) is 105. The molecular formula is C101H149ClFN3O25S5. The lowest BCUT2D eigenvalue weighted by atomic mass is 9.58. The second-order valence-corrected chi connectivity index (χ2v) is 48.3. The van der Waals surface area contributed by atoms with Gasteiger partial charge in [-0.3, -0.25) is 0 Å². The molecule has 1 aromatic heterocycles. The Kier molecular flexibility index (Phi) is 33.3. The van der Waals surface area contributed by atoms with Gasteiger partial charge in [0.05, 0.1) is 35.9 Å². The van der Waals surface area contributed by atoms with Crippen LogP contribution in [0.1, 0.15) is 238 Å². The van der Waals surface area contributed by atoms with Crippen molar-refractivity contribution in [1.29, 1.82) is 0 Å². The number of hydrogen-bond acceptors (Lipinski definition) is 32. The first-order valence-electron chi connectivity index (χ1n) is 50.1. The molecule has 28 rings (SSSR count). The molecule has 28 nitrogen and oxygen atoms in total. The molecule has 40 atom stereocenters. The number of aromatic nitrogens is 3. The Morgan fingerprint density at radius 3 is 0.978 bits per heavy atom. The Labute approximate surface area is 830 Å². The monoisotopic (exact) mass is 2020 g/mol. The number of nitrogens with zero attached hydrogens (tertiary/aromatic N) is 3. The van der Waals surface area contributed by atoms with Gasteiger partial charge in [0, 0.05) is 68.8 Å². The number of halogens is 2. The van der Waals surface area contributed by atoms with Crippen molar-refractivity contribution in [3.63, 3.8) is 0 Å². The number of terminal acetylenes is 2. The molecule has 25 fully saturated rings. The molecule has 20 aliphatic heterocycles. The third-order valence-electron chi connectivity index (χ3n) is 35.2. The van der Waals surface area contributed by atoms with E-state index >= 15 is 0 Å². The molecule has 1 N–H and O–H groups in total. The molecule has 10 bridgehead atoms. The van der Waals surface area contributed by atoms with Crippen molar-refractivity contribution < 1.29 is 125 Å². The van der Waals surface area contributed by atoms with Crippen molar-refractivity contribution in [2.45, 2.75) is 361 Å². The smallest absolute Gasteiger partial charge is 0.201 e. The average Bonchev–Trinajstić information content (AvgIpc) is 1.46. The molecule has 3 aromatic rings. The third-order valence-corrected chi connectivity index (χ3v) is 40.9. The van der Waals surface area contributed by atoms with Crippen molar-refractivity contribution >= 4 is 82.2 Å². The molecule has 2 aromatic carbocycles. The molecule has 5 spiro atoms. The standard InChI is InChI=1S/C23H31FO5S.C23H31N3O5S.2C19H28O5S.C16H26O4S.CH4O.ClH/c1-14-4-9-19-15(2)20(30-13-25-12-16-5-7-17(24)8-6-16)26-21-23(19)18(14)10-11-22(3,27-21)28-29-23;1-14-8-9-17-15(2)20(28-21-23(17)16(14)10-11-22(3,29-21)30-31-23)32-13-27-12-26-19-7-5-4-6-18(19)24-25-26;2*1-5-10-20-11-25-16-13(3)15-7-6-12(2)14-8-9-18(4)22-17(21-16)19(14,15)24-23-18;1-9-5-6-12-10(2)13(21-4)17-14-16(12)11(9)7-8-15(3,18-14)19-20-16;1-2;/h5-8,14-15,18-21H,4,9-13H2,1-3H3;4-7,14-17,20-21H,8-13H2,1-3H3;2*1,12-17H,6-11H2,2-4H3;9-14H,5-8H2,1-4H3;2H,1H3;1H/t14-,15-,18+,19+,20+,21-,22+,23-;14-,15-,16+,17+,20+,21-,22+,23-;2*12-,13-,14+,15+,16+,17-,18+,19-;9-,10-,11+,12+,13+,14-,15+,16-;;/m11111../s1. The molecular weight excluding hydrogens is 1870 g/mol. The van der Waals surface area contributed by atoms with Gasteiger partial charge in [0.2, 0.25) is 28.9 Å². The van der Waals surface area contributed by atoms with Crippen molar-refractivity contribution in [2.75, 3.05) is 50.3 Å². The van der Waals surface area contributed by atoms with E-state index in [-0.39, 0.29) is 64.3 Å². The van der Waals surface area contributed by atoms with Crippen molar-refractivity contribution in [3.8, 4) is 24.7 Å². The Morgan fingerprint density at radius 2 is 0.669 bits per heavy atom. The van der Waals surface area contributed by atoms with E-state index in [0.29, 0.717) is 169 Å². The lowest BCUT2D eigenvalue weighted by Crippen LogP contribution is -2.70. The molecule has 20 saturated heterocycles. The maximum Gasteiger partial charge on any atom is 0.201 e.